The van der Waals surface area contributed by atoms with Crippen molar-refractivity contribution in [3.05, 3.63) is 34.9 Å². The Bertz CT molecular complexity index is 329. The van der Waals surface area contributed by atoms with Crippen molar-refractivity contribution in [2.24, 2.45) is 0 Å². The summed E-state index contributed by atoms with van der Waals surface area (Å²) in [7, 11) is 0. The molecule has 0 saturated carbocycles. The predicted octanol–water partition coefficient (Wildman–Crippen LogP) is 2.83. The third-order valence-electron chi connectivity index (χ3n) is 2.06. The SMILES string of the molecule is Cc1cc(C=CCS)c(C)cc1N. The fourth-order valence-corrected chi connectivity index (χ4v) is 1.33. The number of benzene rings is 1. The molecule has 0 radical (unpaired) electrons. The minimum absolute atomic E-state index is 0.767. The number of thiol groups is 1. The van der Waals surface area contributed by atoms with Gasteiger partial charge in [-0.15, -0.1) is 0 Å². The van der Waals surface area contributed by atoms with E-state index in [1.165, 1.54) is 11.1 Å². The van der Waals surface area contributed by atoms with Gasteiger partial charge in [0, 0.05) is 11.4 Å². The van der Waals surface area contributed by atoms with E-state index < -0.39 is 0 Å². The molecule has 1 aromatic rings. The largest absolute Gasteiger partial charge is 0.399 e. The molecule has 0 aliphatic heterocycles. The smallest absolute Gasteiger partial charge is 0.0346 e. The summed E-state index contributed by atoms with van der Waals surface area (Å²) < 4.78 is 0. The van der Waals surface area contributed by atoms with Crippen LogP contribution in [0.15, 0.2) is 18.2 Å². The molecule has 0 aromatic heterocycles. The van der Waals surface area contributed by atoms with E-state index in [2.05, 4.69) is 31.7 Å². The highest BCUT2D eigenvalue weighted by Gasteiger charge is 1.98. The van der Waals surface area contributed by atoms with Crippen LogP contribution in [0, 0.1) is 13.8 Å². The number of hydrogen-bond donors (Lipinski definition) is 2. The molecular formula is C11H15NS. The van der Waals surface area contributed by atoms with E-state index in [-0.39, 0.29) is 0 Å². The van der Waals surface area contributed by atoms with Gasteiger partial charge in [-0.2, -0.15) is 12.6 Å². The van der Waals surface area contributed by atoms with Crippen molar-refractivity contribution in [1.29, 1.82) is 0 Å². The van der Waals surface area contributed by atoms with Crippen LogP contribution in [0.1, 0.15) is 16.7 Å². The first-order valence-electron chi connectivity index (χ1n) is 4.29. The van der Waals surface area contributed by atoms with Crippen LogP contribution in [-0.4, -0.2) is 5.75 Å². The minimum Gasteiger partial charge on any atom is -0.399 e. The number of nitrogens with two attached hydrogens (primary N) is 1. The van der Waals surface area contributed by atoms with E-state index in [4.69, 9.17) is 5.73 Å². The molecule has 0 amide bonds. The van der Waals surface area contributed by atoms with Crippen molar-refractivity contribution in [1.82, 2.24) is 0 Å². The summed E-state index contributed by atoms with van der Waals surface area (Å²) in [5.74, 6) is 0.767. The van der Waals surface area contributed by atoms with Gasteiger partial charge >= 0.3 is 0 Å². The average Bonchev–Trinajstić information content (AvgIpc) is 2.09. The van der Waals surface area contributed by atoms with E-state index in [1.54, 1.807) is 0 Å². The Labute approximate surface area is 85.1 Å². The molecule has 0 unspecified atom stereocenters. The molecule has 0 atom stereocenters. The highest BCUT2D eigenvalue weighted by molar-refractivity contribution is 7.80. The number of anilines is 1. The van der Waals surface area contributed by atoms with Crippen LogP contribution in [0.2, 0.25) is 0 Å². The molecule has 0 fully saturated rings. The number of rotatable bonds is 2. The summed E-state index contributed by atoms with van der Waals surface area (Å²) in [6, 6.07) is 4.11. The van der Waals surface area contributed by atoms with Gasteiger partial charge in [0.25, 0.3) is 0 Å². The Morgan fingerprint density at radius 1 is 1.31 bits per heavy atom. The molecule has 0 saturated heterocycles. The molecule has 1 nitrogen and oxygen atoms in total. The Balaban J connectivity index is 3.08. The second kappa shape index (κ2) is 4.38. The number of hydrogen-bond acceptors (Lipinski definition) is 2. The van der Waals surface area contributed by atoms with Gasteiger partial charge in [0.1, 0.15) is 0 Å². The zero-order chi connectivity index (χ0) is 9.84. The molecule has 0 aliphatic rings. The van der Waals surface area contributed by atoms with Crippen molar-refractivity contribution < 1.29 is 0 Å². The van der Waals surface area contributed by atoms with Crippen LogP contribution in [0.5, 0.6) is 0 Å². The van der Waals surface area contributed by atoms with Gasteiger partial charge in [0.2, 0.25) is 0 Å². The van der Waals surface area contributed by atoms with E-state index in [9.17, 15) is 0 Å². The fourth-order valence-electron chi connectivity index (χ4n) is 1.22. The summed E-state index contributed by atoms with van der Waals surface area (Å²) in [4.78, 5) is 0. The Hall–Kier alpha value is -0.890. The lowest BCUT2D eigenvalue weighted by atomic mass is 10.0. The van der Waals surface area contributed by atoms with Crippen molar-refractivity contribution >= 4 is 24.4 Å². The van der Waals surface area contributed by atoms with Crippen molar-refractivity contribution in [3.8, 4) is 0 Å². The predicted molar refractivity (Wildman–Crippen MR) is 63.2 cm³/mol. The molecule has 2 N–H and O–H groups in total. The number of aryl methyl sites for hydroxylation is 2. The molecular weight excluding hydrogens is 178 g/mol. The molecule has 13 heavy (non-hydrogen) atoms. The Morgan fingerprint density at radius 2 is 2.00 bits per heavy atom. The quantitative estimate of drug-likeness (QED) is 0.548. The first kappa shape index (κ1) is 10.2. The fraction of sp³-hybridized carbons (Fsp3) is 0.273. The lowest BCUT2D eigenvalue weighted by Gasteiger charge is -2.05. The molecule has 70 valence electrons. The maximum atomic E-state index is 5.78. The minimum atomic E-state index is 0.767. The van der Waals surface area contributed by atoms with Crippen LogP contribution < -0.4 is 5.73 Å². The van der Waals surface area contributed by atoms with Crippen LogP contribution in [-0.2, 0) is 0 Å². The van der Waals surface area contributed by atoms with E-state index in [0.29, 0.717) is 0 Å². The lowest BCUT2D eigenvalue weighted by Crippen LogP contribution is -1.92. The van der Waals surface area contributed by atoms with E-state index >= 15 is 0 Å². The first-order valence-corrected chi connectivity index (χ1v) is 4.92. The van der Waals surface area contributed by atoms with Gasteiger partial charge in [0.15, 0.2) is 0 Å². The topological polar surface area (TPSA) is 26.0 Å². The molecule has 2 heteroatoms. The summed E-state index contributed by atoms with van der Waals surface area (Å²) in [5.41, 5.74) is 10.2. The summed E-state index contributed by atoms with van der Waals surface area (Å²) >= 11 is 4.12. The molecule has 1 aromatic carbocycles. The standard InChI is InChI=1S/C11H15NS/c1-8-7-11(12)9(2)6-10(8)4-3-5-13/h3-4,6-7,13H,5,12H2,1-2H3. The molecule has 1 rings (SSSR count). The van der Waals surface area contributed by atoms with Gasteiger partial charge < -0.3 is 5.73 Å². The van der Waals surface area contributed by atoms with Crippen molar-refractivity contribution in [2.75, 3.05) is 11.5 Å². The maximum absolute atomic E-state index is 5.78. The molecule has 0 aliphatic carbocycles. The summed E-state index contributed by atoms with van der Waals surface area (Å²) in [5, 5.41) is 0. The third-order valence-corrected chi connectivity index (χ3v) is 2.27. The monoisotopic (exact) mass is 193 g/mol. The Morgan fingerprint density at radius 3 is 2.62 bits per heavy atom. The second-order valence-corrected chi connectivity index (χ2v) is 3.52. The van der Waals surface area contributed by atoms with Gasteiger partial charge in [-0.05, 0) is 42.7 Å². The van der Waals surface area contributed by atoms with Crippen LogP contribution in [0.25, 0.3) is 6.08 Å². The van der Waals surface area contributed by atoms with Gasteiger partial charge in [-0.25, -0.2) is 0 Å². The Kier molecular flexibility index (Phi) is 3.43. The van der Waals surface area contributed by atoms with Gasteiger partial charge in [0.05, 0.1) is 0 Å². The maximum Gasteiger partial charge on any atom is 0.0346 e. The second-order valence-electron chi connectivity index (χ2n) is 3.15. The molecule has 0 bridgehead atoms. The third kappa shape index (κ3) is 2.52. The lowest BCUT2D eigenvalue weighted by molar-refractivity contribution is 1.38. The van der Waals surface area contributed by atoms with Crippen LogP contribution in [0.3, 0.4) is 0 Å². The van der Waals surface area contributed by atoms with Crippen LogP contribution in [0.4, 0.5) is 5.69 Å². The average molecular weight is 193 g/mol. The number of nitrogen functional groups attached to an aromatic ring is 1. The highest BCUT2D eigenvalue weighted by atomic mass is 32.1. The van der Waals surface area contributed by atoms with Gasteiger partial charge in [-0.1, -0.05) is 12.2 Å². The zero-order valence-electron chi connectivity index (χ0n) is 8.04. The summed E-state index contributed by atoms with van der Waals surface area (Å²) in [6.45, 7) is 4.08. The van der Waals surface area contributed by atoms with Gasteiger partial charge in [-0.3, -0.25) is 0 Å². The molecule has 0 heterocycles. The van der Waals surface area contributed by atoms with E-state index in [1.807, 2.05) is 19.1 Å². The first-order chi connectivity index (χ1) is 6.15. The zero-order valence-corrected chi connectivity index (χ0v) is 8.94. The normalized spacial score (nSPS) is 11.0. The van der Waals surface area contributed by atoms with Crippen LogP contribution >= 0.6 is 12.6 Å². The molecule has 0 spiro atoms. The summed E-state index contributed by atoms with van der Waals surface area (Å²) in [6.07, 6.45) is 4.11. The van der Waals surface area contributed by atoms with Crippen molar-refractivity contribution in [3.63, 3.8) is 0 Å². The highest BCUT2D eigenvalue weighted by Crippen LogP contribution is 2.18. The van der Waals surface area contributed by atoms with E-state index in [0.717, 1.165) is 17.0 Å². The van der Waals surface area contributed by atoms with Crippen molar-refractivity contribution in [2.45, 2.75) is 13.8 Å².